The van der Waals surface area contributed by atoms with Crippen molar-refractivity contribution < 1.29 is 9.53 Å². The number of rotatable bonds is 7. The van der Waals surface area contributed by atoms with Gasteiger partial charge >= 0.3 is 6.03 Å². The van der Waals surface area contributed by atoms with E-state index >= 15 is 0 Å². The van der Waals surface area contributed by atoms with E-state index in [-0.39, 0.29) is 11.6 Å². The van der Waals surface area contributed by atoms with Crippen LogP contribution in [0.5, 0.6) is 5.75 Å². The summed E-state index contributed by atoms with van der Waals surface area (Å²) in [5.41, 5.74) is 3.85. The minimum atomic E-state index is -0.479. The van der Waals surface area contributed by atoms with Gasteiger partial charge in [-0.15, -0.1) is 0 Å². The molecule has 0 aliphatic carbocycles. The summed E-state index contributed by atoms with van der Waals surface area (Å²) in [6, 6.07) is 19.8. The van der Waals surface area contributed by atoms with Crippen molar-refractivity contribution in [3.63, 3.8) is 0 Å². The summed E-state index contributed by atoms with van der Waals surface area (Å²) >= 11 is 0. The van der Waals surface area contributed by atoms with Gasteiger partial charge in [-0.3, -0.25) is 9.36 Å². The molecule has 0 aliphatic rings. The van der Waals surface area contributed by atoms with E-state index in [0.29, 0.717) is 34.7 Å². The van der Waals surface area contributed by atoms with E-state index in [1.807, 2.05) is 82.3 Å². The molecule has 1 unspecified atom stereocenters. The zero-order chi connectivity index (χ0) is 25.8. The Bertz CT molecular complexity index is 1460. The van der Waals surface area contributed by atoms with Gasteiger partial charge in [0.2, 0.25) is 0 Å². The van der Waals surface area contributed by atoms with E-state index in [1.54, 1.807) is 28.7 Å². The van der Waals surface area contributed by atoms with Crippen molar-refractivity contribution in [2.45, 2.75) is 40.2 Å². The number of fused-ring (bicyclic) bond motifs is 1. The first-order valence-electron chi connectivity index (χ1n) is 12.1. The second kappa shape index (κ2) is 10.6. The van der Waals surface area contributed by atoms with E-state index in [2.05, 4.69) is 5.32 Å². The lowest BCUT2D eigenvalue weighted by molar-refractivity contribution is 0.189. The highest BCUT2D eigenvalue weighted by Gasteiger charge is 2.27. The Hall–Kier alpha value is -4.13. The molecule has 0 spiro atoms. The molecular weight excluding hydrogens is 452 g/mol. The quantitative estimate of drug-likeness (QED) is 0.348. The molecular formula is C29H32N4O3. The van der Waals surface area contributed by atoms with Gasteiger partial charge < -0.3 is 15.0 Å². The molecule has 7 nitrogen and oxygen atoms in total. The van der Waals surface area contributed by atoms with Crippen molar-refractivity contribution >= 4 is 22.6 Å². The Morgan fingerprint density at radius 1 is 1.08 bits per heavy atom. The fourth-order valence-electron chi connectivity index (χ4n) is 4.37. The third-order valence-corrected chi connectivity index (χ3v) is 6.29. The summed E-state index contributed by atoms with van der Waals surface area (Å²) in [5.74, 6) is 1.17. The number of ether oxygens (including phenoxy) is 1. The third-order valence-electron chi connectivity index (χ3n) is 6.29. The van der Waals surface area contributed by atoms with E-state index in [9.17, 15) is 9.59 Å². The van der Waals surface area contributed by atoms with E-state index in [0.717, 1.165) is 23.2 Å². The average molecular weight is 485 g/mol. The molecule has 3 aromatic carbocycles. The van der Waals surface area contributed by atoms with Crippen molar-refractivity contribution in [1.29, 1.82) is 0 Å². The summed E-state index contributed by atoms with van der Waals surface area (Å²) in [5, 5.41) is 3.51. The Kier molecular flexibility index (Phi) is 7.38. The van der Waals surface area contributed by atoms with Crippen LogP contribution < -0.4 is 15.6 Å². The molecule has 0 saturated heterocycles. The number of methoxy groups -OCH3 is 1. The summed E-state index contributed by atoms with van der Waals surface area (Å²) in [4.78, 5) is 34.0. The highest BCUT2D eigenvalue weighted by Crippen LogP contribution is 2.26. The van der Waals surface area contributed by atoms with Crippen LogP contribution in [-0.4, -0.2) is 34.1 Å². The molecule has 0 saturated carbocycles. The second-order valence-electron chi connectivity index (χ2n) is 8.95. The van der Waals surface area contributed by atoms with Gasteiger partial charge in [-0.25, -0.2) is 9.78 Å². The van der Waals surface area contributed by atoms with Crippen molar-refractivity contribution in [3.8, 4) is 11.4 Å². The number of para-hydroxylation sites is 1. The van der Waals surface area contributed by atoms with Gasteiger partial charge in [0.1, 0.15) is 11.6 Å². The van der Waals surface area contributed by atoms with Crippen LogP contribution in [0.25, 0.3) is 16.6 Å². The topological polar surface area (TPSA) is 76.5 Å². The molecule has 36 heavy (non-hydrogen) atoms. The van der Waals surface area contributed by atoms with Crippen LogP contribution in [0, 0.1) is 13.8 Å². The zero-order valence-corrected chi connectivity index (χ0v) is 21.4. The molecule has 1 N–H and O–H groups in total. The second-order valence-corrected chi connectivity index (χ2v) is 8.95. The zero-order valence-electron chi connectivity index (χ0n) is 21.4. The first kappa shape index (κ1) is 25.0. The SMILES string of the molecule is CCCN(C(=O)Nc1cccc(OC)c1)C(C)c1nc2ccccc2c(=O)n1-c1cc(C)ccc1C. The molecule has 2 amide bonds. The van der Waals surface area contributed by atoms with Gasteiger partial charge in [0.15, 0.2) is 0 Å². The number of carbonyl (C=O) groups is 1. The molecule has 1 heterocycles. The Morgan fingerprint density at radius 3 is 2.61 bits per heavy atom. The highest BCUT2D eigenvalue weighted by atomic mass is 16.5. The molecule has 1 atom stereocenters. The number of aromatic nitrogens is 2. The van der Waals surface area contributed by atoms with Crippen LogP contribution >= 0.6 is 0 Å². The summed E-state index contributed by atoms with van der Waals surface area (Å²) in [6.07, 6.45) is 0.747. The van der Waals surface area contributed by atoms with Gasteiger partial charge in [0, 0.05) is 18.3 Å². The third kappa shape index (κ3) is 4.96. The maximum Gasteiger partial charge on any atom is 0.322 e. The first-order chi connectivity index (χ1) is 17.3. The molecule has 7 heteroatoms. The Morgan fingerprint density at radius 2 is 1.86 bits per heavy atom. The fraction of sp³-hybridized carbons (Fsp3) is 0.276. The summed E-state index contributed by atoms with van der Waals surface area (Å²) < 4.78 is 6.95. The number of anilines is 1. The van der Waals surface area contributed by atoms with Gasteiger partial charge in [0.25, 0.3) is 5.56 Å². The predicted octanol–water partition coefficient (Wildman–Crippen LogP) is 6.02. The number of amides is 2. The summed E-state index contributed by atoms with van der Waals surface area (Å²) in [7, 11) is 1.59. The molecule has 1 aromatic heterocycles. The van der Waals surface area contributed by atoms with Crippen LogP contribution in [-0.2, 0) is 0 Å². The van der Waals surface area contributed by atoms with Gasteiger partial charge in [0.05, 0.1) is 29.7 Å². The van der Waals surface area contributed by atoms with Gasteiger partial charge in [-0.2, -0.15) is 0 Å². The molecule has 4 aromatic rings. The van der Waals surface area contributed by atoms with Crippen LogP contribution in [0.15, 0.2) is 71.5 Å². The lowest BCUT2D eigenvalue weighted by Gasteiger charge is -2.30. The number of nitrogens with zero attached hydrogens (tertiary/aromatic N) is 3. The molecule has 4 rings (SSSR count). The standard InChI is InChI=1S/C29H32N4O3/c1-6-16-32(29(35)30-22-10-9-11-23(18-22)36-5)21(4)27-31-25-13-8-7-12-24(25)28(34)33(27)26-17-19(2)14-15-20(26)3/h7-15,17-18,21H,6,16H2,1-5H3,(H,30,35). The highest BCUT2D eigenvalue weighted by molar-refractivity contribution is 5.90. The maximum atomic E-state index is 13.8. The molecule has 186 valence electrons. The van der Waals surface area contributed by atoms with Crippen LogP contribution in [0.3, 0.4) is 0 Å². The number of benzene rings is 3. The largest absolute Gasteiger partial charge is 0.497 e. The first-order valence-corrected chi connectivity index (χ1v) is 12.1. The smallest absolute Gasteiger partial charge is 0.322 e. The van der Waals surface area contributed by atoms with E-state index in [1.165, 1.54) is 0 Å². The molecule has 0 aliphatic heterocycles. The number of aryl methyl sites for hydroxylation is 2. The summed E-state index contributed by atoms with van der Waals surface area (Å²) in [6.45, 7) is 8.40. The number of hydrogen-bond donors (Lipinski definition) is 1. The minimum Gasteiger partial charge on any atom is -0.497 e. The molecule has 0 bridgehead atoms. The normalized spacial score (nSPS) is 11.8. The van der Waals surface area contributed by atoms with E-state index in [4.69, 9.17) is 9.72 Å². The van der Waals surface area contributed by atoms with Crippen molar-refractivity contribution in [3.05, 3.63) is 94.0 Å². The molecule has 0 radical (unpaired) electrons. The lowest BCUT2D eigenvalue weighted by atomic mass is 10.1. The van der Waals surface area contributed by atoms with Crippen molar-refractivity contribution in [2.24, 2.45) is 0 Å². The number of urea groups is 1. The monoisotopic (exact) mass is 484 g/mol. The van der Waals surface area contributed by atoms with Crippen LogP contribution in [0.4, 0.5) is 10.5 Å². The maximum absolute atomic E-state index is 13.8. The average Bonchev–Trinajstić information content (AvgIpc) is 2.88. The van der Waals surface area contributed by atoms with Gasteiger partial charge in [-0.05, 0) is 68.7 Å². The lowest BCUT2D eigenvalue weighted by Crippen LogP contribution is -2.40. The van der Waals surface area contributed by atoms with E-state index < -0.39 is 6.04 Å². The Balaban J connectivity index is 1.84. The van der Waals surface area contributed by atoms with Crippen molar-refractivity contribution in [1.82, 2.24) is 14.5 Å². The number of nitrogens with one attached hydrogen (secondary N) is 1. The predicted molar refractivity (Wildman–Crippen MR) is 144 cm³/mol. The Labute approximate surface area is 211 Å². The number of hydrogen-bond acceptors (Lipinski definition) is 4. The fourth-order valence-corrected chi connectivity index (χ4v) is 4.37. The van der Waals surface area contributed by atoms with Crippen molar-refractivity contribution in [2.75, 3.05) is 19.0 Å². The number of carbonyl (C=O) groups excluding carboxylic acids is 1. The molecule has 0 fully saturated rings. The van der Waals surface area contributed by atoms with Gasteiger partial charge in [-0.1, -0.05) is 37.3 Å². The minimum absolute atomic E-state index is 0.152. The van der Waals surface area contributed by atoms with Crippen LogP contribution in [0.2, 0.25) is 0 Å². The van der Waals surface area contributed by atoms with Crippen LogP contribution in [0.1, 0.15) is 43.3 Å².